The topological polar surface area (TPSA) is 78.7 Å². The molecule has 2 amide bonds. The predicted octanol–water partition coefficient (Wildman–Crippen LogP) is 0.426. The van der Waals surface area contributed by atoms with Gasteiger partial charge in [-0.3, -0.25) is 14.5 Å². The van der Waals surface area contributed by atoms with Gasteiger partial charge in [0.1, 0.15) is 0 Å². The van der Waals surface area contributed by atoms with E-state index in [2.05, 4.69) is 5.32 Å². The molecule has 0 atom stereocenters. The maximum atomic E-state index is 12.4. The zero-order valence-electron chi connectivity index (χ0n) is 11.9. The van der Waals surface area contributed by atoms with Gasteiger partial charge in [0.15, 0.2) is 0 Å². The van der Waals surface area contributed by atoms with Crippen molar-refractivity contribution in [3.8, 4) is 0 Å². The highest BCUT2D eigenvalue weighted by Gasteiger charge is 2.24. The third kappa shape index (κ3) is 3.86. The zero-order chi connectivity index (χ0) is 15.4. The number of amides is 2. The van der Waals surface area contributed by atoms with Crippen LogP contribution >= 0.6 is 11.6 Å². The molecule has 0 unspecified atom stereocenters. The molecular weight excluding hydrogens is 292 g/mol. The fourth-order valence-electron chi connectivity index (χ4n) is 2.27. The Balaban J connectivity index is 1.95. The minimum absolute atomic E-state index is 0.0173. The molecule has 1 saturated heterocycles. The molecule has 3 N–H and O–H groups in total. The van der Waals surface area contributed by atoms with Crippen molar-refractivity contribution >= 4 is 29.1 Å². The van der Waals surface area contributed by atoms with Gasteiger partial charge in [0.05, 0.1) is 17.1 Å². The minimum atomic E-state index is -0.0976. The monoisotopic (exact) mass is 310 g/mol. The minimum Gasteiger partial charge on any atom is -0.399 e. The van der Waals surface area contributed by atoms with E-state index in [0.29, 0.717) is 49.0 Å². The van der Waals surface area contributed by atoms with Gasteiger partial charge in [-0.05, 0) is 18.2 Å². The highest BCUT2D eigenvalue weighted by molar-refractivity contribution is 6.34. The van der Waals surface area contributed by atoms with Crippen LogP contribution in [0.2, 0.25) is 5.02 Å². The number of nitrogen functional groups attached to an aromatic ring is 1. The van der Waals surface area contributed by atoms with Gasteiger partial charge < -0.3 is 16.0 Å². The van der Waals surface area contributed by atoms with Crippen LogP contribution in [0.3, 0.4) is 0 Å². The second-order valence-electron chi connectivity index (χ2n) is 4.98. The van der Waals surface area contributed by atoms with E-state index >= 15 is 0 Å². The van der Waals surface area contributed by atoms with Crippen molar-refractivity contribution in [2.24, 2.45) is 0 Å². The van der Waals surface area contributed by atoms with E-state index < -0.39 is 0 Å². The lowest BCUT2D eigenvalue weighted by molar-refractivity contribution is -0.122. The molecule has 2 rings (SSSR count). The number of carbonyl (C=O) groups excluding carboxylic acids is 2. The number of benzene rings is 1. The molecule has 1 aliphatic heterocycles. The quantitative estimate of drug-likeness (QED) is 0.793. The van der Waals surface area contributed by atoms with Gasteiger partial charge in [0.2, 0.25) is 5.91 Å². The summed E-state index contributed by atoms with van der Waals surface area (Å²) in [7, 11) is 1.62. The van der Waals surface area contributed by atoms with Crippen LogP contribution in [-0.2, 0) is 4.79 Å². The van der Waals surface area contributed by atoms with E-state index in [0.717, 1.165) is 0 Å². The van der Waals surface area contributed by atoms with E-state index in [9.17, 15) is 9.59 Å². The number of rotatable bonds is 3. The maximum absolute atomic E-state index is 12.4. The molecule has 1 heterocycles. The molecule has 1 aliphatic rings. The van der Waals surface area contributed by atoms with Crippen molar-refractivity contribution in [2.45, 2.75) is 0 Å². The second-order valence-corrected chi connectivity index (χ2v) is 5.39. The highest BCUT2D eigenvalue weighted by atomic mass is 35.5. The lowest BCUT2D eigenvalue weighted by Crippen LogP contribution is -2.50. The maximum Gasteiger partial charge on any atom is 0.255 e. The van der Waals surface area contributed by atoms with Crippen LogP contribution in [0.1, 0.15) is 10.4 Å². The molecule has 114 valence electrons. The van der Waals surface area contributed by atoms with Crippen LogP contribution in [0.15, 0.2) is 18.2 Å². The van der Waals surface area contributed by atoms with Crippen LogP contribution in [0.4, 0.5) is 5.69 Å². The highest BCUT2D eigenvalue weighted by Crippen LogP contribution is 2.21. The molecule has 1 aromatic carbocycles. The first-order chi connectivity index (χ1) is 10.0. The van der Waals surface area contributed by atoms with Crippen LogP contribution in [0.5, 0.6) is 0 Å². The molecule has 7 heteroatoms. The summed E-state index contributed by atoms with van der Waals surface area (Å²) < 4.78 is 0. The molecule has 1 aromatic rings. The van der Waals surface area contributed by atoms with Crippen LogP contribution in [0.25, 0.3) is 0 Å². The number of nitrogens with two attached hydrogens (primary N) is 1. The van der Waals surface area contributed by atoms with E-state index in [1.54, 1.807) is 30.1 Å². The Kier molecular flexibility index (Phi) is 5.03. The molecule has 0 bridgehead atoms. The number of piperazine rings is 1. The average molecular weight is 311 g/mol. The van der Waals surface area contributed by atoms with Gasteiger partial charge >= 0.3 is 0 Å². The van der Waals surface area contributed by atoms with Gasteiger partial charge in [0, 0.05) is 38.9 Å². The number of nitrogens with zero attached hydrogens (tertiary/aromatic N) is 2. The lowest BCUT2D eigenvalue weighted by Gasteiger charge is -2.34. The summed E-state index contributed by atoms with van der Waals surface area (Å²) in [4.78, 5) is 27.5. The summed E-state index contributed by atoms with van der Waals surface area (Å²) in [5.74, 6) is -0.115. The van der Waals surface area contributed by atoms with E-state index in [1.807, 2.05) is 4.90 Å². The molecule has 1 fully saturated rings. The number of hydrogen-bond donors (Lipinski definition) is 2. The number of hydrogen-bond acceptors (Lipinski definition) is 4. The van der Waals surface area contributed by atoms with Crippen LogP contribution < -0.4 is 11.1 Å². The lowest BCUT2D eigenvalue weighted by atomic mass is 10.1. The summed E-state index contributed by atoms with van der Waals surface area (Å²) in [5.41, 5.74) is 6.63. The van der Waals surface area contributed by atoms with Gasteiger partial charge in [-0.15, -0.1) is 0 Å². The van der Waals surface area contributed by atoms with Crippen molar-refractivity contribution in [1.29, 1.82) is 0 Å². The molecule has 0 aliphatic carbocycles. The first-order valence-corrected chi connectivity index (χ1v) is 7.16. The molecule has 6 nitrogen and oxygen atoms in total. The van der Waals surface area contributed by atoms with Crippen molar-refractivity contribution in [3.05, 3.63) is 28.8 Å². The summed E-state index contributed by atoms with van der Waals surface area (Å²) in [6.07, 6.45) is 0. The third-order valence-electron chi connectivity index (χ3n) is 3.53. The van der Waals surface area contributed by atoms with E-state index in [-0.39, 0.29) is 11.8 Å². The third-order valence-corrected chi connectivity index (χ3v) is 3.84. The Labute approximate surface area is 128 Å². The molecule has 0 spiro atoms. The first kappa shape index (κ1) is 15.6. The fraction of sp³-hybridized carbons (Fsp3) is 0.429. The summed E-state index contributed by atoms with van der Waals surface area (Å²) in [5, 5.41) is 2.96. The van der Waals surface area contributed by atoms with E-state index in [4.69, 9.17) is 17.3 Å². The molecule has 0 aromatic heterocycles. The molecule has 21 heavy (non-hydrogen) atoms. The van der Waals surface area contributed by atoms with Crippen LogP contribution in [-0.4, -0.2) is 61.4 Å². The van der Waals surface area contributed by atoms with Crippen molar-refractivity contribution < 1.29 is 9.59 Å². The Hall–Kier alpha value is -1.79. The molecular formula is C14H19ClN4O2. The first-order valence-electron chi connectivity index (χ1n) is 6.78. The number of nitrogens with one attached hydrogen (secondary N) is 1. The predicted molar refractivity (Wildman–Crippen MR) is 82.3 cm³/mol. The smallest absolute Gasteiger partial charge is 0.255 e. The number of anilines is 1. The summed E-state index contributed by atoms with van der Waals surface area (Å²) in [6.45, 7) is 2.87. The molecule has 0 saturated carbocycles. The average Bonchev–Trinajstić information content (AvgIpc) is 2.47. The number of halogens is 1. The Morgan fingerprint density at radius 3 is 2.52 bits per heavy atom. The van der Waals surface area contributed by atoms with Crippen molar-refractivity contribution in [3.63, 3.8) is 0 Å². The van der Waals surface area contributed by atoms with Gasteiger partial charge in [-0.1, -0.05) is 11.6 Å². The standard InChI is InChI=1S/C14H19ClN4O2/c1-17-13(20)9-18-4-6-19(7-5-18)14(21)11-3-2-10(16)8-12(11)15/h2-3,8H,4-7,9,16H2,1H3,(H,17,20). The zero-order valence-corrected chi connectivity index (χ0v) is 12.7. The van der Waals surface area contributed by atoms with Crippen LogP contribution in [0, 0.1) is 0 Å². The fourth-order valence-corrected chi connectivity index (χ4v) is 2.54. The Morgan fingerprint density at radius 2 is 1.95 bits per heavy atom. The SMILES string of the molecule is CNC(=O)CN1CCN(C(=O)c2ccc(N)cc2Cl)CC1. The molecule has 0 radical (unpaired) electrons. The normalized spacial score (nSPS) is 15.8. The van der Waals surface area contributed by atoms with Gasteiger partial charge in [-0.25, -0.2) is 0 Å². The van der Waals surface area contributed by atoms with Crippen molar-refractivity contribution in [1.82, 2.24) is 15.1 Å². The van der Waals surface area contributed by atoms with Gasteiger partial charge in [0.25, 0.3) is 5.91 Å². The number of carbonyl (C=O) groups is 2. The number of likely N-dealkylation sites (N-methyl/N-ethyl adjacent to an activating group) is 1. The Morgan fingerprint density at radius 1 is 1.29 bits per heavy atom. The Bertz CT molecular complexity index is 542. The summed E-state index contributed by atoms with van der Waals surface area (Å²) >= 11 is 6.07. The van der Waals surface area contributed by atoms with E-state index in [1.165, 1.54) is 0 Å². The van der Waals surface area contributed by atoms with Gasteiger partial charge in [-0.2, -0.15) is 0 Å². The second kappa shape index (κ2) is 6.78. The van der Waals surface area contributed by atoms with Crippen molar-refractivity contribution in [2.75, 3.05) is 45.5 Å². The largest absolute Gasteiger partial charge is 0.399 e. The summed E-state index contributed by atoms with van der Waals surface area (Å²) in [6, 6.07) is 4.90.